The summed E-state index contributed by atoms with van der Waals surface area (Å²) in [6.45, 7) is 0. The number of ether oxygens (including phenoxy) is 2. The predicted octanol–water partition coefficient (Wildman–Crippen LogP) is 3.11. The molecule has 1 amide bonds. The molecule has 0 saturated heterocycles. The number of methoxy groups -OCH3 is 2. The van der Waals surface area contributed by atoms with Crippen molar-refractivity contribution in [3.63, 3.8) is 0 Å². The van der Waals surface area contributed by atoms with Gasteiger partial charge in [-0.3, -0.25) is 9.59 Å². The number of hydrogen-bond acceptors (Lipinski definition) is 5. The first-order valence-electron chi connectivity index (χ1n) is 7.65. The van der Waals surface area contributed by atoms with Gasteiger partial charge < -0.3 is 14.8 Å². The molecular formula is C18H21NO4S. The molecule has 5 nitrogen and oxygen atoms in total. The van der Waals surface area contributed by atoms with Gasteiger partial charge in [-0.1, -0.05) is 18.2 Å². The van der Waals surface area contributed by atoms with Gasteiger partial charge >= 0.3 is 5.97 Å². The van der Waals surface area contributed by atoms with Gasteiger partial charge in [-0.15, -0.1) is 11.3 Å². The fourth-order valence-corrected chi connectivity index (χ4v) is 3.06. The number of nitrogens with one attached hydrogen (secondary N) is 1. The Balaban J connectivity index is 1.90. The Kier molecular flexibility index (Phi) is 6.81. The van der Waals surface area contributed by atoms with Crippen LogP contribution in [0.2, 0.25) is 0 Å². The lowest BCUT2D eigenvalue weighted by molar-refractivity contribution is -0.141. The summed E-state index contributed by atoms with van der Waals surface area (Å²) in [7, 11) is 2.97. The number of aryl methyl sites for hydroxylation is 1. The smallest absolute Gasteiger partial charge is 0.307 e. The molecule has 1 atom stereocenters. The van der Waals surface area contributed by atoms with Crippen LogP contribution in [0.3, 0.4) is 0 Å². The van der Waals surface area contributed by atoms with Crippen LogP contribution in [0, 0.1) is 0 Å². The number of thiophene rings is 1. The number of hydrogen-bond donors (Lipinski definition) is 1. The maximum atomic E-state index is 12.2. The van der Waals surface area contributed by atoms with Crippen molar-refractivity contribution in [2.45, 2.75) is 25.3 Å². The van der Waals surface area contributed by atoms with Crippen LogP contribution in [0.5, 0.6) is 5.75 Å². The molecule has 1 unspecified atom stereocenters. The van der Waals surface area contributed by atoms with Crippen molar-refractivity contribution in [1.82, 2.24) is 5.32 Å². The molecule has 0 spiro atoms. The van der Waals surface area contributed by atoms with E-state index < -0.39 is 0 Å². The highest BCUT2D eigenvalue weighted by atomic mass is 32.1. The Morgan fingerprint density at radius 1 is 1.17 bits per heavy atom. The van der Waals surface area contributed by atoms with E-state index in [4.69, 9.17) is 9.47 Å². The summed E-state index contributed by atoms with van der Waals surface area (Å²) in [5.74, 6) is 0.357. The molecular weight excluding hydrogens is 326 g/mol. The fourth-order valence-electron chi connectivity index (χ4n) is 2.28. The van der Waals surface area contributed by atoms with Crippen molar-refractivity contribution in [1.29, 1.82) is 0 Å². The first-order chi connectivity index (χ1) is 11.6. The Morgan fingerprint density at radius 2 is 1.92 bits per heavy atom. The van der Waals surface area contributed by atoms with E-state index >= 15 is 0 Å². The van der Waals surface area contributed by atoms with E-state index in [-0.39, 0.29) is 24.3 Å². The molecule has 2 rings (SSSR count). The molecule has 2 aromatic rings. The third kappa shape index (κ3) is 5.38. The van der Waals surface area contributed by atoms with Gasteiger partial charge in [-0.25, -0.2) is 0 Å². The van der Waals surface area contributed by atoms with Gasteiger partial charge in [0.05, 0.1) is 26.7 Å². The standard InChI is InChI=1S/C18H21NO4S/c1-22-14-8-5-13(6-9-14)7-10-17(20)19-15(12-18(21)23-2)16-4-3-11-24-16/h3-6,8-9,11,15H,7,10,12H2,1-2H3,(H,19,20). The molecule has 6 heteroatoms. The molecule has 0 aliphatic heterocycles. The van der Waals surface area contributed by atoms with E-state index in [0.29, 0.717) is 12.8 Å². The average Bonchev–Trinajstić information content (AvgIpc) is 3.14. The monoisotopic (exact) mass is 347 g/mol. The van der Waals surface area contributed by atoms with E-state index in [9.17, 15) is 9.59 Å². The summed E-state index contributed by atoms with van der Waals surface area (Å²) in [5, 5.41) is 4.84. The van der Waals surface area contributed by atoms with Crippen molar-refractivity contribution in [3.8, 4) is 5.75 Å². The maximum absolute atomic E-state index is 12.2. The van der Waals surface area contributed by atoms with Crippen LogP contribution < -0.4 is 10.1 Å². The Bertz CT molecular complexity index is 652. The van der Waals surface area contributed by atoms with Crippen LogP contribution in [-0.2, 0) is 20.7 Å². The molecule has 0 aliphatic rings. The van der Waals surface area contributed by atoms with Crippen molar-refractivity contribution in [2.24, 2.45) is 0 Å². The Morgan fingerprint density at radius 3 is 2.50 bits per heavy atom. The van der Waals surface area contributed by atoms with Gasteiger partial charge in [0.1, 0.15) is 5.75 Å². The fraction of sp³-hybridized carbons (Fsp3) is 0.333. The highest BCUT2D eigenvalue weighted by Gasteiger charge is 2.19. The maximum Gasteiger partial charge on any atom is 0.307 e. The summed E-state index contributed by atoms with van der Waals surface area (Å²) in [5.41, 5.74) is 1.06. The minimum Gasteiger partial charge on any atom is -0.497 e. The second-order valence-electron chi connectivity index (χ2n) is 5.26. The lowest BCUT2D eigenvalue weighted by Crippen LogP contribution is -2.30. The van der Waals surface area contributed by atoms with Crippen LogP contribution in [0.4, 0.5) is 0 Å². The zero-order chi connectivity index (χ0) is 17.4. The van der Waals surface area contributed by atoms with E-state index in [2.05, 4.69) is 5.32 Å². The van der Waals surface area contributed by atoms with Crippen LogP contribution in [0.25, 0.3) is 0 Å². The topological polar surface area (TPSA) is 64.6 Å². The zero-order valence-electron chi connectivity index (χ0n) is 13.8. The van der Waals surface area contributed by atoms with Gasteiger partial charge in [0.15, 0.2) is 0 Å². The van der Waals surface area contributed by atoms with Crippen LogP contribution >= 0.6 is 11.3 Å². The number of carbonyl (C=O) groups is 2. The molecule has 128 valence electrons. The zero-order valence-corrected chi connectivity index (χ0v) is 14.6. The van der Waals surface area contributed by atoms with Crippen LogP contribution in [-0.4, -0.2) is 26.1 Å². The SMILES string of the molecule is COC(=O)CC(NC(=O)CCc1ccc(OC)cc1)c1cccs1. The summed E-state index contributed by atoms with van der Waals surface area (Å²) < 4.78 is 9.83. The lowest BCUT2D eigenvalue weighted by atomic mass is 10.1. The third-order valence-electron chi connectivity index (χ3n) is 3.62. The predicted molar refractivity (Wildman–Crippen MR) is 93.2 cm³/mol. The summed E-state index contributed by atoms with van der Waals surface area (Å²) in [6.07, 6.45) is 1.12. The van der Waals surface area contributed by atoms with E-state index in [0.717, 1.165) is 16.2 Å². The number of esters is 1. The normalized spacial score (nSPS) is 11.6. The number of amides is 1. The molecule has 24 heavy (non-hydrogen) atoms. The van der Waals surface area contributed by atoms with Crippen molar-refractivity contribution in [3.05, 3.63) is 52.2 Å². The van der Waals surface area contributed by atoms with Gasteiger partial charge in [0.25, 0.3) is 0 Å². The van der Waals surface area contributed by atoms with Crippen LogP contribution in [0.15, 0.2) is 41.8 Å². The van der Waals surface area contributed by atoms with Crippen molar-refractivity contribution < 1.29 is 19.1 Å². The molecule has 0 aliphatic carbocycles. The molecule has 1 aromatic heterocycles. The van der Waals surface area contributed by atoms with Gasteiger partial charge in [-0.2, -0.15) is 0 Å². The lowest BCUT2D eigenvalue weighted by Gasteiger charge is -2.16. The number of benzene rings is 1. The minimum atomic E-state index is -0.346. The van der Waals surface area contributed by atoms with E-state index in [1.54, 1.807) is 7.11 Å². The molecule has 0 saturated carbocycles. The van der Waals surface area contributed by atoms with Crippen LogP contribution in [0.1, 0.15) is 29.3 Å². The first-order valence-corrected chi connectivity index (χ1v) is 8.53. The molecule has 1 aromatic carbocycles. The molecule has 0 fully saturated rings. The Labute approximate surface area is 145 Å². The third-order valence-corrected chi connectivity index (χ3v) is 4.61. The first kappa shape index (κ1) is 18.0. The second kappa shape index (κ2) is 9.08. The van der Waals surface area contributed by atoms with Crippen molar-refractivity contribution in [2.75, 3.05) is 14.2 Å². The quantitative estimate of drug-likeness (QED) is 0.745. The highest BCUT2D eigenvalue weighted by Crippen LogP contribution is 2.22. The number of rotatable bonds is 8. The minimum absolute atomic E-state index is 0.0897. The molecule has 0 bridgehead atoms. The average molecular weight is 347 g/mol. The van der Waals surface area contributed by atoms with Crippen molar-refractivity contribution >= 4 is 23.2 Å². The highest BCUT2D eigenvalue weighted by molar-refractivity contribution is 7.10. The Hall–Kier alpha value is -2.34. The molecule has 0 radical (unpaired) electrons. The molecule has 1 N–H and O–H groups in total. The summed E-state index contributed by atoms with van der Waals surface area (Å²) in [4.78, 5) is 24.7. The summed E-state index contributed by atoms with van der Waals surface area (Å²) in [6, 6.07) is 11.1. The second-order valence-corrected chi connectivity index (χ2v) is 6.24. The van der Waals surface area contributed by atoms with Gasteiger partial charge in [0.2, 0.25) is 5.91 Å². The van der Waals surface area contributed by atoms with E-state index in [1.807, 2.05) is 41.8 Å². The van der Waals surface area contributed by atoms with E-state index in [1.165, 1.54) is 18.4 Å². The van der Waals surface area contributed by atoms with Gasteiger partial charge in [0, 0.05) is 11.3 Å². The summed E-state index contributed by atoms with van der Waals surface area (Å²) >= 11 is 1.51. The van der Waals surface area contributed by atoms with Gasteiger partial charge in [-0.05, 0) is 35.6 Å². The number of carbonyl (C=O) groups excluding carboxylic acids is 2. The largest absolute Gasteiger partial charge is 0.497 e. The molecule has 1 heterocycles.